The molecule has 3 rings (SSSR count). The third-order valence-corrected chi connectivity index (χ3v) is 4.79. The minimum absolute atomic E-state index is 0.0108. The van der Waals surface area contributed by atoms with Crippen LogP contribution in [0.4, 0.5) is 5.69 Å². The zero-order chi connectivity index (χ0) is 20.3. The van der Waals surface area contributed by atoms with Crippen LogP contribution in [0.2, 0.25) is 0 Å². The number of morpholine rings is 1. The highest BCUT2D eigenvalue weighted by atomic mass is 16.7. The van der Waals surface area contributed by atoms with Crippen molar-refractivity contribution in [1.29, 1.82) is 0 Å². The van der Waals surface area contributed by atoms with E-state index in [9.17, 15) is 14.4 Å². The Balaban J connectivity index is 1.78. The van der Waals surface area contributed by atoms with E-state index in [-0.39, 0.29) is 30.3 Å². The Bertz CT molecular complexity index is 768. The first-order chi connectivity index (χ1) is 13.5. The molecule has 0 spiro atoms. The van der Waals surface area contributed by atoms with Crippen molar-refractivity contribution in [3.8, 4) is 11.5 Å². The summed E-state index contributed by atoms with van der Waals surface area (Å²) in [4.78, 5) is 38.9. The van der Waals surface area contributed by atoms with Crippen LogP contribution in [-0.4, -0.2) is 61.9 Å². The molecule has 0 aromatic heterocycles. The highest BCUT2D eigenvalue weighted by Crippen LogP contribution is 2.37. The molecule has 0 radical (unpaired) electrons. The Labute approximate surface area is 162 Å². The Hall–Kier alpha value is -2.81. The van der Waals surface area contributed by atoms with Crippen molar-refractivity contribution in [3.05, 3.63) is 17.7 Å². The molecule has 0 aliphatic carbocycles. The van der Waals surface area contributed by atoms with Crippen LogP contribution in [-0.2, 0) is 19.1 Å². The van der Waals surface area contributed by atoms with Crippen molar-refractivity contribution < 1.29 is 33.3 Å². The lowest BCUT2D eigenvalue weighted by Crippen LogP contribution is -2.52. The fourth-order valence-electron chi connectivity index (χ4n) is 3.18. The summed E-state index contributed by atoms with van der Waals surface area (Å²) in [6.45, 7) is 4.66. The van der Waals surface area contributed by atoms with Crippen molar-refractivity contribution in [2.45, 2.75) is 38.9 Å². The Morgan fingerprint density at radius 1 is 1.11 bits per heavy atom. The summed E-state index contributed by atoms with van der Waals surface area (Å²) >= 11 is 0. The molecule has 2 aliphatic heterocycles. The zero-order valence-corrected chi connectivity index (χ0v) is 16.1. The fraction of sp³-hybridized carbons (Fsp3) is 0.526. The van der Waals surface area contributed by atoms with Gasteiger partial charge in [0.15, 0.2) is 11.5 Å². The molecule has 1 aromatic rings. The third-order valence-electron chi connectivity index (χ3n) is 4.79. The topological polar surface area (TPSA) is 103 Å². The van der Waals surface area contributed by atoms with Crippen LogP contribution in [0.25, 0.3) is 0 Å². The van der Waals surface area contributed by atoms with Gasteiger partial charge in [-0.2, -0.15) is 0 Å². The van der Waals surface area contributed by atoms with E-state index in [2.05, 4.69) is 5.32 Å². The van der Waals surface area contributed by atoms with Crippen molar-refractivity contribution >= 4 is 23.5 Å². The SMILES string of the molecule is CCC1CN(C(=O)C(=O)Nc2cc3c(cc2C(=O)OC)OCO3)CC(CC)O1. The largest absolute Gasteiger partial charge is 0.465 e. The summed E-state index contributed by atoms with van der Waals surface area (Å²) in [6.07, 6.45) is 1.28. The highest BCUT2D eigenvalue weighted by Gasteiger charge is 2.33. The van der Waals surface area contributed by atoms with Gasteiger partial charge < -0.3 is 29.2 Å². The lowest BCUT2D eigenvalue weighted by atomic mass is 10.1. The van der Waals surface area contributed by atoms with Crippen LogP contribution < -0.4 is 14.8 Å². The van der Waals surface area contributed by atoms with Gasteiger partial charge in [-0.05, 0) is 12.8 Å². The molecule has 2 amide bonds. The molecule has 9 nitrogen and oxygen atoms in total. The Kier molecular flexibility index (Phi) is 6.03. The van der Waals surface area contributed by atoms with Gasteiger partial charge in [0.05, 0.1) is 30.6 Å². The molecular weight excluding hydrogens is 368 g/mol. The van der Waals surface area contributed by atoms with E-state index in [4.69, 9.17) is 18.9 Å². The Morgan fingerprint density at radius 3 is 2.29 bits per heavy atom. The average Bonchev–Trinajstić information content (AvgIpc) is 3.18. The van der Waals surface area contributed by atoms with Gasteiger partial charge in [-0.1, -0.05) is 13.8 Å². The second-order valence-corrected chi connectivity index (χ2v) is 6.60. The number of benzene rings is 1. The van der Waals surface area contributed by atoms with E-state index in [1.807, 2.05) is 13.8 Å². The van der Waals surface area contributed by atoms with Crippen LogP contribution in [0, 0.1) is 0 Å². The second-order valence-electron chi connectivity index (χ2n) is 6.60. The molecule has 152 valence electrons. The number of nitrogens with one attached hydrogen (secondary N) is 1. The number of hydrogen-bond donors (Lipinski definition) is 1. The van der Waals surface area contributed by atoms with Crippen LogP contribution in [0.5, 0.6) is 11.5 Å². The highest BCUT2D eigenvalue weighted by molar-refractivity contribution is 6.40. The van der Waals surface area contributed by atoms with Crippen LogP contribution in [0.15, 0.2) is 12.1 Å². The first-order valence-corrected chi connectivity index (χ1v) is 9.24. The summed E-state index contributed by atoms with van der Waals surface area (Å²) < 4.78 is 21.2. The molecule has 28 heavy (non-hydrogen) atoms. The summed E-state index contributed by atoms with van der Waals surface area (Å²) in [5.74, 6) is -1.43. The van der Waals surface area contributed by atoms with Crippen molar-refractivity contribution in [2.24, 2.45) is 0 Å². The molecule has 1 N–H and O–H groups in total. The number of amides is 2. The first-order valence-electron chi connectivity index (χ1n) is 9.24. The van der Waals surface area contributed by atoms with Gasteiger partial charge in [-0.15, -0.1) is 0 Å². The molecule has 0 saturated carbocycles. The average molecular weight is 392 g/mol. The molecule has 2 atom stereocenters. The van der Waals surface area contributed by atoms with Crippen LogP contribution in [0.1, 0.15) is 37.0 Å². The number of hydrogen-bond acceptors (Lipinski definition) is 7. The molecule has 1 fully saturated rings. The minimum atomic E-state index is -0.837. The molecule has 1 saturated heterocycles. The van der Waals surface area contributed by atoms with Gasteiger partial charge in [0, 0.05) is 25.2 Å². The van der Waals surface area contributed by atoms with E-state index in [1.54, 1.807) is 0 Å². The standard InChI is InChI=1S/C19H24N2O7/c1-4-11-8-21(9-12(5-2)28-11)18(23)17(22)20-14-7-16-15(26-10-27-16)6-13(14)19(24)25-3/h6-7,11-12H,4-5,8-10H2,1-3H3,(H,20,22). The number of rotatable bonds is 4. The summed E-state index contributed by atoms with van der Waals surface area (Å²) in [6, 6.07) is 2.87. The number of methoxy groups -OCH3 is 1. The third kappa shape index (κ3) is 4.04. The van der Waals surface area contributed by atoms with E-state index in [0.717, 1.165) is 12.8 Å². The van der Waals surface area contributed by atoms with Gasteiger partial charge in [-0.25, -0.2) is 4.79 Å². The lowest BCUT2D eigenvalue weighted by molar-refractivity contribution is -0.153. The van der Waals surface area contributed by atoms with Crippen LogP contribution >= 0.6 is 0 Å². The zero-order valence-electron chi connectivity index (χ0n) is 16.1. The Morgan fingerprint density at radius 2 is 1.71 bits per heavy atom. The maximum atomic E-state index is 12.7. The lowest BCUT2D eigenvalue weighted by Gasteiger charge is -2.37. The van der Waals surface area contributed by atoms with Crippen molar-refractivity contribution in [1.82, 2.24) is 4.90 Å². The van der Waals surface area contributed by atoms with E-state index in [1.165, 1.54) is 24.1 Å². The smallest absolute Gasteiger partial charge is 0.340 e. The number of carbonyl (C=O) groups excluding carboxylic acids is 3. The fourth-order valence-corrected chi connectivity index (χ4v) is 3.18. The molecule has 0 bridgehead atoms. The summed E-state index contributed by atoms with van der Waals surface area (Å²) in [5, 5.41) is 2.51. The van der Waals surface area contributed by atoms with E-state index in [0.29, 0.717) is 24.6 Å². The van der Waals surface area contributed by atoms with Gasteiger partial charge in [-0.3, -0.25) is 9.59 Å². The van der Waals surface area contributed by atoms with E-state index >= 15 is 0 Å². The summed E-state index contributed by atoms with van der Waals surface area (Å²) in [7, 11) is 1.23. The molecule has 2 aliphatic rings. The normalized spacial score (nSPS) is 20.6. The van der Waals surface area contributed by atoms with Gasteiger partial charge in [0.25, 0.3) is 0 Å². The number of carbonyl (C=O) groups is 3. The van der Waals surface area contributed by atoms with Gasteiger partial charge >= 0.3 is 17.8 Å². The number of esters is 1. The van der Waals surface area contributed by atoms with Crippen molar-refractivity contribution in [2.75, 3.05) is 32.3 Å². The first kappa shape index (κ1) is 19.9. The molecule has 9 heteroatoms. The van der Waals surface area contributed by atoms with Gasteiger partial charge in [0.2, 0.25) is 6.79 Å². The molecule has 2 unspecified atom stereocenters. The predicted octanol–water partition coefficient (Wildman–Crippen LogP) is 1.56. The second kappa shape index (κ2) is 8.47. The molecular formula is C19H24N2O7. The molecule has 1 aromatic carbocycles. The minimum Gasteiger partial charge on any atom is -0.465 e. The number of ether oxygens (including phenoxy) is 4. The number of fused-ring (bicyclic) bond motifs is 1. The maximum Gasteiger partial charge on any atom is 0.340 e. The predicted molar refractivity (Wildman–Crippen MR) is 98.4 cm³/mol. The quantitative estimate of drug-likeness (QED) is 0.612. The van der Waals surface area contributed by atoms with Gasteiger partial charge in [0.1, 0.15) is 0 Å². The van der Waals surface area contributed by atoms with Crippen LogP contribution in [0.3, 0.4) is 0 Å². The van der Waals surface area contributed by atoms with Crippen molar-refractivity contribution in [3.63, 3.8) is 0 Å². The maximum absolute atomic E-state index is 12.7. The summed E-state index contributed by atoms with van der Waals surface area (Å²) in [5.41, 5.74) is 0.203. The number of anilines is 1. The van der Waals surface area contributed by atoms with E-state index < -0.39 is 17.8 Å². The number of nitrogens with zero attached hydrogens (tertiary/aromatic N) is 1. The molecule has 2 heterocycles. The monoisotopic (exact) mass is 392 g/mol.